The molecule has 0 saturated carbocycles. The van der Waals surface area contributed by atoms with E-state index >= 15 is 0 Å². The molecule has 3 aromatic heterocycles. The van der Waals surface area contributed by atoms with Crippen LogP contribution >= 0.6 is 0 Å². The Morgan fingerprint density at radius 3 is 2.20 bits per heavy atom. The Hall–Kier alpha value is -5.91. The quantitative estimate of drug-likeness (QED) is 0.108. The van der Waals surface area contributed by atoms with Crippen LogP contribution in [0, 0.1) is 0 Å². The first kappa shape index (κ1) is 38.8. The van der Waals surface area contributed by atoms with Crippen molar-refractivity contribution in [3.8, 4) is 33.6 Å². The maximum atomic E-state index is 13.4. The van der Waals surface area contributed by atoms with Gasteiger partial charge in [-0.05, 0) is 57.2 Å². The molecule has 1 aliphatic heterocycles. The molecule has 2 amide bonds. The number of esters is 1. The second-order valence-corrected chi connectivity index (χ2v) is 15.3. The number of ether oxygens (including phenoxy) is 4. The van der Waals surface area contributed by atoms with Crippen LogP contribution in [-0.4, -0.2) is 72.9 Å². The van der Waals surface area contributed by atoms with Crippen LogP contribution in [0.25, 0.3) is 44.5 Å². The number of nitrogens with one attached hydrogen (secondary N) is 3. The Balaban J connectivity index is 1.22. The highest BCUT2D eigenvalue weighted by Gasteiger charge is 2.22. The number of pyridine rings is 2. The average molecular weight is 773 g/mol. The van der Waals surface area contributed by atoms with Crippen LogP contribution < -0.4 is 15.6 Å². The predicted molar refractivity (Wildman–Crippen MR) is 201 cm³/mol. The first-order valence-electron chi connectivity index (χ1n) is 17.3. The van der Waals surface area contributed by atoms with Gasteiger partial charge in [-0.25, -0.2) is 28.6 Å². The standard InChI is InChI=1S/C38H40N6O10S/c1-38(2,3)53-37(47)42-41-36(46)28-18-30(40-32-19-33(39-20-29(28)32)44-55(48,49)22-34(45)50-4)25-12-8-23(9-13-25)24-10-14-26(15-11-24)31-17-27(54-43-31)21-52-35-7-5-6-16-51-35/h8-15,17-20,35H,5-7,16,21-22H2,1-4H3,(H,39,44)(H,41,46)(H,42,47). The first-order valence-corrected chi connectivity index (χ1v) is 19.0. The van der Waals surface area contributed by atoms with Crippen LogP contribution in [0.1, 0.15) is 56.2 Å². The molecule has 1 atom stereocenters. The Morgan fingerprint density at radius 2 is 1.56 bits per heavy atom. The minimum Gasteiger partial charge on any atom is -0.468 e. The molecule has 1 aliphatic rings. The predicted octanol–water partition coefficient (Wildman–Crippen LogP) is 5.75. The van der Waals surface area contributed by atoms with Gasteiger partial charge in [0.05, 0.1) is 23.9 Å². The molecule has 6 rings (SSSR count). The summed E-state index contributed by atoms with van der Waals surface area (Å²) < 4.78 is 53.9. The van der Waals surface area contributed by atoms with E-state index in [9.17, 15) is 22.8 Å². The Morgan fingerprint density at radius 1 is 0.891 bits per heavy atom. The Bertz CT molecular complexity index is 2280. The molecule has 0 spiro atoms. The molecule has 17 heteroatoms. The van der Waals surface area contributed by atoms with Crippen LogP contribution in [0.5, 0.6) is 0 Å². The molecule has 0 bridgehead atoms. The molecule has 55 heavy (non-hydrogen) atoms. The number of sulfonamides is 1. The monoisotopic (exact) mass is 772 g/mol. The third-order valence-corrected chi connectivity index (χ3v) is 9.35. The number of carbonyl (C=O) groups excluding carboxylic acids is 3. The highest BCUT2D eigenvalue weighted by atomic mass is 32.2. The summed E-state index contributed by atoms with van der Waals surface area (Å²) in [6.07, 6.45) is 3.15. The third kappa shape index (κ3) is 10.4. The van der Waals surface area contributed by atoms with E-state index in [4.69, 9.17) is 23.7 Å². The highest BCUT2D eigenvalue weighted by Crippen LogP contribution is 2.30. The molecule has 4 heterocycles. The van der Waals surface area contributed by atoms with E-state index in [0.29, 0.717) is 29.3 Å². The number of amides is 2. The van der Waals surface area contributed by atoms with Crippen molar-refractivity contribution < 1.29 is 46.3 Å². The lowest BCUT2D eigenvalue weighted by Gasteiger charge is -2.21. The fourth-order valence-electron chi connectivity index (χ4n) is 5.60. The van der Waals surface area contributed by atoms with Crippen molar-refractivity contribution in [2.24, 2.45) is 0 Å². The smallest absolute Gasteiger partial charge is 0.426 e. The topological polar surface area (TPSA) is 210 Å². The van der Waals surface area contributed by atoms with Crippen LogP contribution in [0.2, 0.25) is 0 Å². The summed E-state index contributed by atoms with van der Waals surface area (Å²) in [5.74, 6) is -2.12. The number of fused-ring (bicyclic) bond motifs is 1. The second kappa shape index (κ2) is 16.6. The normalized spacial score (nSPS) is 14.6. The van der Waals surface area contributed by atoms with Gasteiger partial charge in [-0.15, -0.1) is 0 Å². The highest BCUT2D eigenvalue weighted by molar-refractivity contribution is 7.93. The largest absolute Gasteiger partial charge is 0.468 e. The van der Waals surface area contributed by atoms with Crippen molar-refractivity contribution >= 4 is 44.7 Å². The van der Waals surface area contributed by atoms with E-state index < -0.39 is 39.3 Å². The Labute approximate surface area is 316 Å². The molecule has 1 saturated heterocycles. The van der Waals surface area contributed by atoms with Gasteiger partial charge in [0.1, 0.15) is 23.7 Å². The maximum Gasteiger partial charge on any atom is 0.426 e. The van der Waals surface area contributed by atoms with Crippen molar-refractivity contribution in [1.29, 1.82) is 0 Å². The van der Waals surface area contributed by atoms with E-state index in [-0.39, 0.29) is 35.2 Å². The molecule has 0 aliphatic carbocycles. The molecule has 1 fully saturated rings. The number of carbonyl (C=O) groups is 3. The fourth-order valence-corrected chi connectivity index (χ4v) is 6.53. The third-order valence-electron chi connectivity index (χ3n) is 8.21. The number of methoxy groups -OCH3 is 1. The van der Waals surface area contributed by atoms with Crippen LogP contribution in [0.15, 0.2) is 77.4 Å². The number of hydrogen-bond acceptors (Lipinski definition) is 13. The molecule has 5 aromatic rings. The van der Waals surface area contributed by atoms with E-state index in [1.54, 1.807) is 20.8 Å². The molecule has 3 N–H and O–H groups in total. The first-order chi connectivity index (χ1) is 26.2. The SMILES string of the molecule is COC(=O)CS(=O)(=O)Nc1cc2nc(-c3ccc(-c4ccc(-c5cc(COC6CCCCO6)on5)cc4)cc3)cc(C(=O)NNC(=O)OC(C)(C)C)c2cn1. The maximum absolute atomic E-state index is 13.4. The van der Waals surface area contributed by atoms with Gasteiger partial charge in [0.2, 0.25) is 10.0 Å². The lowest BCUT2D eigenvalue weighted by Crippen LogP contribution is -2.44. The van der Waals surface area contributed by atoms with E-state index in [0.717, 1.165) is 43.1 Å². The van der Waals surface area contributed by atoms with Gasteiger partial charge in [0.15, 0.2) is 17.8 Å². The summed E-state index contributed by atoms with van der Waals surface area (Å²) in [7, 11) is -3.09. The van der Waals surface area contributed by atoms with Crippen molar-refractivity contribution in [3.05, 3.63) is 84.3 Å². The van der Waals surface area contributed by atoms with Crippen LogP contribution in [0.4, 0.5) is 10.6 Å². The number of hydrazine groups is 1. The number of aromatic nitrogens is 3. The molecule has 0 radical (unpaired) electrons. The lowest BCUT2D eigenvalue weighted by molar-refractivity contribution is -0.171. The summed E-state index contributed by atoms with van der Waals surface area (Å²) in [6, 6.07) is 20.0. The average Bonchev–Trinajstić information content (AvgIpc) is 3.64. The minimum atomic E-state index is -4.16. The molecule has 16 nitrogen and oxygen atoms in total. The van der Waals surface area contributed by atoms with E-state index in [1.807, 2.05) is 54.6 Å². The lowest BCUT2D eigenvalue weighted by atomic mass is 9.99. The minimum absolute atomic E-state index is 0.0806. The second-order valence-electron chi connectivity index (χ2n) is 13.6. The number of benzene rings is 2. The van der Waals surface area contributed by atoms with Crippen LogP contribution in [-0.2, 0) is 40.4 Å². The molecular weight excluding hydrogens is 733 g/mol. The van der Waals surface area contributed by atoms with Crippen LogP contribution in [0.3, 0.4) is 0 Å². The van der Waals surface area contributed by atoms with Crippen molar-refractivity contribution in [2.75, 3.05) is 24.2 Å². The van der Waals surface area contributed by atoms with Crippen molar-refractivity contribution in [1.82, 2.24) is 26.0 Å². The molecule has 2 aromatic carbocycles. The van der Waals surface area contributed by atoms with Gasteiger partial charge < -0.3 is 23.5 Å². The summed E-state index contributed by atoms with van der Waals surface area (Å²) in [4.78, 5) is 46.1. The van der Waals surface area contributed by atoms with Gasteiger partial charge in [-0.2, -0.15) is 0 Å². The number of rotatable bonds is 11. The van der Waals surface area contributed by atoms with Gasteiger partial charge in [0, 0.05) is 41.4 Å². The molecule has 1 unspecified atom stereocenters. The Kier molecular flexibility index (Phi) is 11.7. The van der Waals surface area contributed by atoms with E-state index in [1.165, 1.54) is 18.3 Å². The zero-order chi connectivity index (χ0) is 39.2. The van der Waals surface area contributed by atoms with Gasteiger partial charge in [-0.3, -0.25) is 19.7 Å². The number of hydrogen-bond donors (Lipinski definition) is 3. The summed E-state index contributed by atoms with van der Waals surface area (Å²) in [6.45, 7) is 6.02. The van der Waals surface area contributed by atoms with E-state index in [2.05, 4.69) is 30.5 Å². The van der Waals surface area contributed by atoms with Crippen molar-refractivity contribution in [3.63, 3.8) is 0 Å². The van der Waals surface area contributed by atoms with Crippen molar-refractivity contribution in [2.45, 2.75) is 58.5 Å². The number of anilines is 1. The summed E-state index contributed by atoms with van der Waals surface area (Å²) in [5.41, 5.74) is 8.45. The summed E-state index contributed by atoms with van der Waals surface area (Å²) >= 11 is 0. The van der Waals surface area contributed by atoms with Gasteiger partial charge in [-0.1, -0.05) is 53.7 Å². The molecule has 288 valence electrons. The van der Waals surface area contributed by atoms with Gasteiger partial charge in [0.25, 0.3) is 5.91 Å². The zero-order valence-electron chi connectivity index (χ0n) is 30.6. The zero-order valence-corrected chi connectivity index (χ0v) is 31.4. The summed E-state index contributed by atoms with van der Waals surface area (Å²) in [5, 5.41) is 4.45. The molecular formula is C38H40N6O10S. The van der Waals surface area contributed by atoms with Gasteiger partial charge >= 0.3 is 12.1 Å². The fraction of sp³-hybridized carbons (Fsp3) is 0.316. The number of nitrogens with zero attached hydrogens (tertiary/aromatic N) is 3.